The maximum atomic E-state index is 4.44. The van der Waals surface area contributed by atoms with Crippen LogP contribution in [-0.4, -0.2) is 27.8 Å². The van der Waals surface area contributed by atoms with Crippen molar-refractivity contribution in [2.45, 2.75) is 32.2 Å². The zero-order valence-corrected chi connectivity index (χ0v) is 13.6. The molecule has 1 saturated heterocycles. The second kappa shape index (κ2) is 6.49. The third-order valence-electron chi connectivity index (χ3n) is 4.74. The van der Waals surface area contributed by atoms with Gasteiger partial charge in [0.1, 0.15) is 0 Å². The van der Waals surface area contributed by atoms with Crippen LogP contribution in [-0.2, 0) is 13.6 Å². The Balaban J connectivity index is 1.57. The smallest absolute Gasteiger partial charge is 0.0638 e. The van der Waals surface area contributed by atoms with Crippen molar-refractivity contribution in [3.8, 4) is 0 Å². The van der Waals surface area contributed by atoms with Crippen LogP contribution in [0.2, 0.25) is 0 Å². The Kier molecular flexibility index (Phi) is 4.44. The summed E-state index contributed by atoms with van der Waals surface area (Å²) in [6, 6.07) is 8.88. The van der Waals surface area contributed by atoms with Gasteiger partial charge in [0.05, 0.1) is 5.69 Å². The average molecular weight is 295 g/mol. The minimum atomic E-state index is 0.699. The summed E-state index contributed by atoms with van der Waals surface area (Å²) in [7, 11) is 2.00. The van der Waals surface area contributed by atoms with Gasteiger partial charge in [0.15, 0.2) is 0 Å². The maximum Gasteiger partial charge on any atom is 0.0638 e. The summed E-state index contributed by atoms with van der Waals surface area (Å²) in [5.41, 5.74) is 5.19. The van der Waals surface area contributed by atoms with E-state index in [0.717, 1.165) is 12.2 Å². The van der Waals surface area contributed by atoms with E-state index in [-0.39, 0.29) is 0 Å². The first-order valence-electron chi connectivity index (χ1n) is 8.09. The molecule has 22 heavy (non-hydrogen) atoms. The summed E-state index contributed by atoms with van der Waals surface area (Å²) in [6.07, 6.45) is 6.54. The van der Waals surface area contributed by atoms with Crippen LogP contribution in [0.3, 0.4) is 0 Å². The summed E-state index contributed by atoms with van der Waals surface area (Å²) in [5.74, 6) is 0.699. The van der Waals surface area contributed by atoms with Crippen molar-refractivity contribution < 1.29 is 0 Å². The topological polar surface area (TPSA) is 21.1 Å². The van der Waals surface area contributed by atoms with E-state index in [9.17, 15) is 0 Å². The van der Waals surface area contributed by atoms with E-state index in [1.165, 1.54) is 42.6 Å². The molecule has 0 amide bonds. The van der Waals surface area contributed by atoms with E-state index >= 15 is 0 Å². The average Bonchev–Trinajstić information content (AvgIpc) is 2.86. The standard InChI is InChI=1S/C19H25N3/c1-4-16-5-7-17(8-6-16)18-9-11-22(12-10-18)14-19-13-21(3)20-15(19)2/h4-8,13,18H,1,9-12,14H2,2-3H3. The predicted octanol–water partition coefficient (Wildman–Crippen LogP) is 3.75. The highest BCUT2D eigenvalue weighted by atomic mass is 15.3. The number of benzene rings is 1. The first-order valence-corrected chi connectivity index (χ1v) is 8.09. The lowest BCUT2D eigenvalue weighted by Crippen LogP contribution is -2.32. The lowest BCUT2D eigenvalue weighted by atomic mass is 9.89. The van der Waals surface area contributed by atoms with E-state index < -0.39 is 0 Å². The highest BCUT2D eigenvalue weighted by Gasteiger charge is 2.21. The number of aromatic nitrogens is 2. The molecule has 1 fully saturated rings. The first kappa shape index (κ1) is 15.0. The Labute approximate surface area is 133 Å². The molecule has 0 atom stereocenters. The summed E-state index contributed by atoms with van der Waals surface area (Å²) >= 11 is 0. The number of piperidine rings is 1. The Morgan fingerprint density at radius 1 is 1.23 bits per heavy atom. The van der Waals surface area contributed by atoms with E-state index in [4.69, 9.17) is 0 Å². The van der Waals surface area contributed by atoms with Crippen LogP contribution in [0.25, 0.3) is 6.08 Å². The molecule has 1 aromatic carbocycles. The normalized spacial score (nSPS) is 16.8. The van der Waals surface area contributed by atoms with E-state index in [1.54, 1.807) is 0 Å². The highest BCUT2D eigenvalue weighted by molar-refractivity contribution is 5.47. The summed E-state index contributed by atoms with van der Waals surface area (Å²) in [5, 5.41) is 4.44. The fraction of sp³-hybridized carbons (Fsp3) is 0.421. The van der Waals surface area contributed by atoms with Crippen LogP contribution in [0.15, 0.2) is 37.0 Å². The van der Waals surface area contributed by atoms with Crippen LogP contribution in [0, 0.1) is 6.92 Å². The van der Waals surface area contributed by atoms with Crippen LogP contribution < -0.4 is 0 Å². The third kappa shape index (κ3) is 3.30. The summed E-state index contributed by atoms with van der Waals surface area (Å²) < 4.78 is 1.92. The molecule has 0 N–H and O–H groups in total. The summed E-state index contributed by atoms with van der Waals surface area (Å²) in [4.78, 5) is 2.55. The van der Waals surface area contributed by atoms with Crippen molar-refractivity contribution in [1.82, 2.24) is 14.7 Å². The molecular formula is C19H25N3. The molecule has 0 spiro atoms. The molecular weight excluding hydrogens is 270 g/mol. The Morgan fingerprint density at radius 3 is 2.45 bits per heavy atom. The lowest BCUT2D eigenvalue weighted by Gasteiger charge is -2.32. The van der Waals surface area contributed by atoms with Crippen molar-refractivity contribution >= 4 is 6.08 Å². The van der Waals surface area contributed by atoms with E-state index in [1.807, 2.05) is 17.8 Å². The number of hydrogen-bond donors (Lipinski definition) is 0. The van der Waals surface area contributed by atoms with Gasteiger partial charge in [-0.3, -0.25) is 9.58 Å². The molecule has 3 heteroatoms. The molecule has 116 valence electrons. The third-order valence-corrected chi connectivity index (χ3v) is 4.74. The molecule has 1 aromatic heterocycles. The second-order valence-corrected chi connectivity index (χ2v) is 6.33. The number of rotatable bonds is 4. The number of likely N-dealkylation sites (tertiary alicyclic amines) is 1. The van der Waals surface area contributed by atoms with Crippen LogP contribution in [0.5, 0.6) is 0 Å². The molecule has 0 bridgehead atoms. The fourth-order valence-electron chi connectivity index (χ4n) is 3.37. The van der Waals surface area contributed by atoms with Gasteiger partial charge in [-0.2, -0.15) is 5.10 Å². The van der Waals surface area contributed by atoms with Gasteiger partial charge in [-0.05, 0) is 49.9 Å². The molecule has 1 aliphatic rings. The van der Waals surface area contributed by atoms with E-state index in [2.05, 4.69) is 54.0 Å². The van der Waals surface area contributed by atoms with Gasteiger partial charge in [-0.15, -0.1) is 0 Å². The van der Waals surface area contributed by atoms with Gasteiger partial charge in [-0.1, -0.05) is 36.9 Å². The Hall–Kier alpha value is -1.87. The zero-order chi connectivity index (χ0) is 15.5. The number of nitrogens with zero attached hydrogens (tertiary/aromatic N) is 3. The first-order chi connectivity index (χ1) is 10.7. The van der Waals surface area contributed by atoms with Gasteiger partial charge in [0, 0.05) is 25.4 Å². The minimum Gasteiger partial charge on any atom is -0.299 e. The maximum absolute atomic E-state index is 4.44. The quantitative estimate of drug-likeness (QED) is 0.856. The van der Waals surface area contributed by atoms with Crippen molar-refractivity contribution in [3.05, 3.63) is 59.4 Å². The largest absolute Gasteiger partial charge is 0.299 e. The lowest BCUT2D eigenvalue weighted by molar-refractivity contribution is 0.204. The second-order valence-electron chi connectivity index (χ2n) is 6.33. The monoisotopic (exact) mass is 295 g/mol. The van der Waals surface area contributed by atoms with Gasteiger partial charge >= 0.3 is 0 Å². The highest BCUT2D eigenvalue weighted by Crippen LogP contribution is 2.29. The summed E-state index contributed by atoms with van der Waals surface area (Å²) in [6.45, 7) is 9.29. The van der Waals surface area contributed by atoms with Crippen LogP contribution in [0.1, 0.15) is 41.1 Å². The molecule has 0 aliphatic carbocycles. The Morgan fingerprint density at radius 2 is 1.91 bits per heavy atom. The van der Waals surface area contributed by atoms with Crippen molar-refractivity contribution in [2.24, 2.45) is 7.05 Å². The Bertz CT molecular complexity index is 631. The van der Waals surface area contributed by atoms with Gasteiger partial charge in [-0.25, -0.2) is 0 Å². The number of hydrogen-bond acceptors (Lipinski definition) is 2. The van der Waals surface area contributed by atoms with E-state index in [0.29, 0.717) is 5.92 Å². The van der Waals surface area contributed by atoms with Gasteiger partial charge in [0.25, 0.3) is 0 Å². The molecule has 3 nitrogen and oxygen atoms in total. The molecule has 0 radical (unpaired) electrons. The van der Waals surface area contributed by atoms with Crippen LogP contribution >= 0.6 is 0 Å². The van der Waals surface area contributed by atoms with Crippen molar-refractivity contribution in [3.63, 3.8) is 0 Å². The molecule has 0 saturated carbocycles. The molecule has 2 aromatic rings. The van der Waals surface area contributed by atoms with Gasteiger partial charge < -0.3 is 0 Å². The SMILES string of the molecule is C=Cc1ccc(C2CCN(Cc3cn(C)nc3C)CC2)cc1. The van der Waals surface area contributed by atoms with Crippen molar-refractivity contribution in [1.29, 1.82) is 0 Å². The molecule has 3 rings (SSSR count). The minimum absolute atomic E-state index is 0.699. The van der Waals surface area contributed by atoms with Crippen LogP contribution in [0.4, 0.5) is 0 Å². The number of aryl methyl sites for hydroxylation is 2. The zero-order valence-electron chi connectivity index (χ0n) is 13.6. The molecule has 1 aliphatic heterocycles. The van der Waals surface area contributed by atoms with Crippen molar-refractivity contribution in [2.75, 3.05) is 13.1 Å². The fourth-order valence-corrected chi connectivity index (χ4v) is 3.37. The molecule has 0 unspecified atom stereocenters. The predicted molar refractivity (Wildman–Crippen MR) is 91.7 cm³/mol. The van der Waals surface area contributed by atoms with Gasteiger partial charge in [0.2, 0.25) is 0 Å². The molecule has 2 heterocycles.